The summed E-state index contributed by atoms with van der Waals surface area (Å²) in [4.78, 5) is 4.00. The third kappa shape index (κ3) is 1.15. The van der Waals surface area contributed by atoms with E-state index in [0.29, 0.717) is 0 Å². The third-order valence-electron chi connectivity index (χ3n) is 1.52. The average Bonchev–Trinajstić information content (AvgIpc) is 2.58. The molecule has 54 valence electrons. The highest BCUT2D eigenvalue weighted by Crippen LogP contribution is 2.17. The van der Waals surface area contributed by atoms with Crippen LogP contribution in [0.1, 0.15) is 0 Å². The van der Waals surface area contributed by atoms with E-state index in [0.717, 1.165) is 11.1 Å². The summed E-state index contributed by atoms with van der Waals surface area (Å²) >= 11 is 0. The van der Waals surface area contributed by atoms with E-state index in [2.05, 4.69) is 4.98 Å². The van der Waals surface area contributed by atoms with Crippen LogP contribution in [-0.4, -0.2) is 4.98 Å². The van der Waals surface area contributed by atoms with Gasteiger partial charge in [-0.3, -0.25) is 4.98 Å². The normalized spacial score (nSPS) is 9.82. The van der Waals surface area contributed by atoms with Gasteiger partial charge >= 0.3 is 0 Å². The highest BCUT2D eigenvalue weighted by Gasteiger charge is 1.95. The molecule has 2 heterocycles. The van der Waals surface area contributed by atoms with Crippen LogP contribution in [-0.2, 0) is 0 Å². The predicted molar refractivity (Wildman–Crippen MR) is 41.9 cm³/mol. The highest BCUT2D eigenvalue weighted by atomic mass is 16.3. The second kappa shape index (κ2) is 2.58. The zero-order valence-corrected chi connectivity index (χ0v) is 5.90. The van der Waals surface area contributed by atoms with Crippen molar-refractivity contribution < 1.29 is 4.42 Å². The molecule has 0 spiro atoms. The Morgan fingerprint density at radius 3 is 2.82 bits per heavy atom. The molecular formula is C9H7NO. The van der Waals surface area contributed by atoms with E-state index in [4.69, 9.17) is 4.42 Å². The van der Waals surface area contributed by atoms with Gasteiger partial charge in [0.05, 0.1) is 12.5 Å². The number of nitrogens with zero attached hydrogens (tertiary/aromatic N) is 1. The van der Waals surface area contributed by atoms with Crippen LogP contribution in [0.3, 0.4) is 0 Å². The first-order valence-corrected chi connectivity index (χ1v) is 3.39. The lowest BCUT2D eigenvalue weighted by atomic mass is 10.2. The molecule has 2 nitrogen and oxygen atoms in total. The minimum absolute atomic E-state index is 1.07. The Kier molecular flexibility index (Phi) is 1.44. The monoisotopic (exact) mass is 145 g/mol. The lowest BCUT2D eigenvalue weighted by Crippen LogP contribution is -1.73. The topological polar surface area (TPSA) is 26.0 Å². The van der Waals surface area contributed by atoms with Crippen molar-refractivity contribution in [3.05, 3.63) is 43.1 Å². The van der Waals surface area contributed by atoms with E-state index >= 15 is 0 Å². The summed E-state index contributed by atoms with van der Waals surface area (Å²) in [7, 11) is 0. The van der Waals surface area contributed by atoms with Crippen LogP contribution in [0.25, 0.3) is 11.1 Å². The summed E-state index contributed by atoms with van der Waals surface area (Å²) in [5.74, 6) is 0. The number of hydrogen-bond donors (Lipinski definition) is 0. The van der Waals surface area contributed by atoms with Crippen LogP contribution >= 0.6 is 0 Å². The van der Waals surface area contributed by atoms with Crippen LogP contribution in [0, 0.1) is 0 Å². The molecule has 0 aliphatic heterocycles. The highest BCUT2D eigenvalue weighted by molar-refractivity contribution is 5.60. The van der Waals surface area contributed by atoms with Gasteiger partial charge in [0.15, 0.2) is 0 Å². The van der Waals surface area contributed by atoms with E-state index in [1.54, 1.807) is 18.7 Å². The fraction of sp³-hybridized carbons (Fsp3) is 0. The molecule has 0 aromatic carbocycles. The predicted octanol–water partition coefficient (Wildman–Crippen LogP) is 2.34. The van der Waals surface area contributed by atoms with Crippen molar-refractivity contribution >= 4 is 0 Å². The van der Waals surface area contributed by atoms with E-state index in [1.165, 1.54) is 0 Å². The molecule has 0 fully saturated rings. The van der Waals surface area contributed by atoms with Gasteiger partial charge < -0.3 is 4.42 Å². The first-order chi connectivity index (χ1) is 5.47. The van der Waals surface area contributed by atoms with Gasteiger partial charge in [-0.2, -0.15) is 0 Å². The van der Waals surface area contributed by atoms with Crippen molar-refractivity contribution in [2.45, 2.75) is 0 Å². The van der Waals surface area contributed by atoms with Gasteiger partial charge in [-0.1, -0.05) is 6.07 Å². The molecule has 0 aliphatic carbocycles. The molecule has 2 rings (SSSR count). The van der Waals surface area contributed by atoms with Crippen molar-refractivity contribution in [1.29, 1.82) is 0 Å². The van der Waals surface area contributed by atoms with Crippen molar-refractivity contribution in [3.8, 4) is 11.1 Å². The molecule has 0 atom stereocenters. The first kappa shape index (κ1) is 6.16. The van der Waals surface area contributed by atoms with Gasteiger partial charge in [0.1, 0.15) is 0 Å². The molecule has 2 aromatic heterocycles. The molecule has 0 radical (unpaired) electrons. The lowest BCUT2D eigenvalue weighted by Gasteiger charge is -1.91. The van der Waals surface area contributed by atoms with Crippen LogP contribution in [0.2, 0.25) is 0 Å². The van der Waals surface area contributed by atoms with Gasteiger partial charge in [0.25, 0.3) is 0 Å². The van der Waals surface area contributed by atoms with E-state index < -0.39 is 0 Å². The SMILES string of the molecule is c1cncc(-c2ccoc2)c1. The number of aromatic nitrogens is 1. The standard InChI is InChI=1S/C9H7NO/c1-2-8(6-10-4-1)9-3-5-11-7-9/h1-7H. The smallest absolute Gasteiger partial charge is 0.0981 e. The van der Waals surface area contributed by atoms with E-state index in [1.807, 2.05) is 24.4 Å². The quantitative estimate of drug-likeness (QED) is 0.615. The van der Waals surface area contributed by atoms with Crippen molar-refractivity contribution in [2.75, 3.05) is 0 Å². The molecule has 0 N–H and O–H groups in total. The number of pyridine rings is 1. The minimum atomic E-state index is 1.07. The van der Waals surface area contributed by atoms with Crippen molar-refractivity contribution in [3.63, 3.8) is 0 Å². The zero-order valence-electron chi connectivity index (χ0n) is 5.90. The van der Waals surface area contributed by atoms with E-state index in [-0.39, 0.29) is 0 Å². The van der Waals surface area contributed by atoms with Crippen LogP contribution < -0.4 is 0 Å². The van der Waals surface area contributed by atoms with Crippen LogP contribution in [0.15, 0.2) is 47.5 Å². The molecule has 0 aliphatic rings. The summed E-state index contributed by atoms with van der Waals surface area (Å²) in [6.45, 7) is 0. The summed E-state index contributed by atoms with van der Waals surface area (Å²) in [5, 5.41) is 0. The molecule has 0 unspecified atom stereocenters. The molecule has 0 amide bonds. The second-order valence-corrected chi connectivity index (χ2v) is 2.25. The Labute approximate surface area is 64.5 Å². The second-order valence-electron chi connectivity index (χ2n) is 2.25. The average molecular weight is 145 g/mol. The fourth-order valence-electron chi connectivity index (χ4n) is 0.962. The molecule has 11 heavy (non-hydrogen) atoms. The van der Waals surface area contributed by atoms with Crippen LogP contribution in [0.4, 0.5) is 0 Å². The molecule has 0 saturated heterocycles. The van der Waals surface area contributed by atoms with Gasteiger partial charge in [0, 0.05) is 23.5 Å². The number of hydrogen-bond acceptors (Lipinski definition) is 2. The number of rotatable bonds is 1. The zero-order chi connectivity index (χ0) is 7.52. The molecule has 2 heteroatoms. The Morgan fingerprint density at radius 2 is 2.18 bits per heavy atom. The van der Waals surface area contributed by atoms with Crippen molar-refractivity contribution in [2.24, 2.45) is 0 Å². The Morgan fingerprint density at radius 1 is 1.18 bits per heavy atom. The molecule has 2 aromatic rings. The third-order valence-corrected chi connectivity index (χ3v) is 1.52. The van der Waals surface area contributed by atoms with E-state index in [9.17, 15) is 0 Å². The first-order valence-electron chi connectivity index (χ1n) is 3.39. The van der Waals surface area contributed by atoms with Gasteiger partial charge in [-0.15, -0.1) is 0 Å². The maximum absolute atomic E-state index is 4.94. The summed E-state index contributed by atoms with van der Waals surface area (Å²) in [6.07, 6.45) is 6.92. The Bertz CT molecular complexity index is 313. The van der Waals surface area contributed by atoms with Gasteiger partial charge in [-0.05, 0) is 12.1 Å². The lowest BCUT2D eigenvalue weighted by molar-refractivity contribution is 0.568. The molecule has 0 saturated carbocycles. The molecular weight excluding hydrogens is 138 g/mol. The maximum atomic E-state index is 4.94. The van der Waals surface area contributed by atoms with Gasteiger partial charge in [-0.25, -0.2) is 0 Å². The summed E-state index contributed by atoms with van der Waals surface area (Å²) in [5.41, 5.74) is 2.15. The fourth-order valence-corrected chi connectivity index (χ4v) is 0.962. The summed E-state index contributed by atoms with van der Waals surface area (Å²) in [6, 6.07) is 5.82. The van der Waals surface area contributed by atoms with Crippen molar-refractivity contribution in [1.82, 2.24) is 4.98 Å². The largest absolute Gasteiger partial charge is 0.472 e. The summed E-state index contributed by atoms with van der Waals surface area (Å²) < 4.78 is 4.94. The van der Waals surface area contributed by atoms with Gasteiger partial charge in [0.2, 0.25) is 0 Å². The maximum Gasteiger partial charge on any atom is 0.0981 e. The Balaban J connectivity index is 2.46. The Hall–Kier alpha value is -1.57. The molecule has 0 bridgehead atoms. The van der Waals surface area contributed by atoms with Crippen LogP contribution in [0.5, 0.6) is 0 Å². The minimum Gasteiger partial charge on any atom is -0.472 e. The number of furan rings is 1.